The first-order valence-corrected chi connectivity index (χ1v) is 9.10. The van der Waals surface area contributed by atoms with Gasteiger partial charge in [0.05, 0.1) is 0 Å². The summed E-state index contributed by atoms with van der Waals surface area (Å²) in [5, 5.41) is 0. The SMILES string of the molecule is CCCCCCCCCCCC(=O)C1CCSC1. The molecule has 1 atom stereocenters. The normalized spacial score (nSPS) is 19.3. The van der Waals surface area contributed by atoms with E-state index in [1.165, 1.54) is 57.1 Å². The quantitative estimate of drug-likeness (QED) is 0.478. The predicted octanol–water partition coefficient (Wildman–Crippen LogP) is 5.23. The third kappa shape index (κ3) is 7.45. The van der Waals surface area contributed by atoms with Gasteiger partial charge in [-0.3, -0.25) is 4.79 Å². The van der Waals surface area contributed by atoms with E-state index in [0.717, 1.165) is 25.0 Å². The number of rotatable bonds is 11. The van der Waals surface area contributed by atoms with Crippen LogP contribution < -0.4 is 0 Å². The minimum atomic E-state index is 0.407. The van der Waals surface area contributed by atoms with Gasteiger partial charge in [-0.05, 0) is 18.6 Å². The van der Waals surface area contributed by atoms with Gasteiger partial charge in [-0.25, -0.2) is 0 Å². The molecule has 0 aromatic heterocycles. The molecule has 1 fully saturated rings. The molecule has 0 bridgehead atoms. The molecule has 0 saturated carbocycles. The Morgan fingerprint density at radius 1 is 1.00 bits per heavy atom. The first kappa shape index (κ1) is 16.1. The molecule has 0 N–H and O–H groups in total. The third-order valence-electron chi connectivity index (χ3n) is 3.91. The van der Waals surface area contributed by atoms with Gasteiger partial charge in [0.2, 0.25) is 0 Å². The van der Waals surface area contributed by atoms with Crippen LogP contribution in [0.4, 0.5) is 0 Å². The van der Waals surface area contributed by atoms with Crippen LogP contribution in [0.25, 0.3) is 0 Å². The summed E-state index contributed by atoms with van der Waals surface area (Å²) in [6, 6.07) is 0. The topological polar surface area (TPSA) is 17.1 Å². The molecule has 0 aromatic rings. The van der Waals surface area contributed by atoms with Crippen LogP contribution in [0.15, 0.2) is 0 Å². The van der Waals surface area contributed by atoms with Crippen molar-refractivity contribution in [1.29, 1.82) is 0 Å². The third-order valence-corrected chi connectivity index (χ3v) is 5.07. The highest BCUT2D eigenvalue weighted by Gasteiger charge is 2.22. The number of ketones is 1. The zero-order valence-corrected chi connectivity index (χ0v) is 12.9. The van der Waals surface area contributed by atoms with Gasteiger partial charge >= 0.3 is 0 Å². The van der Waals surface area contributed by atoms with Crippen molar-refractivity contribution < 1.29 is 4.79 Å². The van der Waals surface area contributed by atoms with Crippen LogP contribution >= 0.6 is 11.8 Å². The molecule has 2 heteroatoms. The maximum absolute atomic E-state index is 11.8. The molecule has 1 heterocycles. The second kappa shape index (κ2) is 10.9. The van der Waals surface area contributed by atoms with Crippen LogP contribution in [0.5, 0.6) is 0 Å². The van der Waals surface area contributed by atoms with E-state index >= 15 is 0 Å². The van der Waals surface area contributed by atoms with E-state index in [0.29, 0.717) is 11.7 Å². The highest BCUT2D eigenvalue weighted by molar-refractivity contribution is 7.99. The molecule has 0 spiro atoms. The number of hydrogen-bond donors (Lipinski definition) is 0. The minimum Gasteiger partial charge on any atom is -0.299 e. The van der Waals surface area contributed by atoms with E-state index in [1.807, 2.05) is 11.8 Å². The molecule has 0 aliphatic carbocycles. The van der Waals surface area contributed by atoms with Gasteiger partial charge in [0.15, 0.2) is 0 Å². The van der Waals surface area contributed by atoms with Crippen molar-refractivity contribution in [3.8, 4) is 0 Å². The molecule has 1 nitrogen and oxygen atoms in total. The van der Waals surface area contributed by atoms with Gasteiger partial charge in [0, 0.05) is 18.1 Å². The van der Waals surface area contributed by atoms with Crippen molar-refractivity contribution in [2.45, 2.75) is 77.6 Å². The smallest absolute Gasteiger partial charge is 0.136 e. The molecule has 1 unspecified atom stereocenters. The molecule has 18 heavy (non-hydrogen) atoms. The van der Waals surface area contributed by atoms with E-state index in [-0.39, 0.29) is 0 Å². The summed E-state index contributed by atoms with van der Waals surface area (Å²) in [5.74, 6) is 3.25. The summed E-state index contributed by atoms with van der Waals surface area (Å²) >= 11 is 1.95. The fourth-order valence-electron chi connectivity index (χ4n) is 2.60. The van der Waals surface area contributed by atoms with Gasteiger partial charge in [0.1, 0.15) is 5.78 Å². The Bertz CT molecular complexity index is 209. The number of hydrogen-bond acceptors (Lipinski definition) is 2. The lowest BCUT2D eigenvalue weighted by Crippen LogP contribution is -2.13. The van der Waals surface area contributed by atoms with Gasteiger partial charge in [-0.1, -0.05) is 58.3 Å². The van der Waals surface area contributed by atoms with Crippen LogP contribution in [0.2, 0.25) is 0 Å². The molecule has 1 aliphatic heterocycles. The average molecular weight is 270 g/mol. The lowest BCUT2D eigenvalue weighted by Gasteiger charge is -2.06. The van der Waals surface area contributed by atoms with Crippen molar-refractivity contribution in [2.75, 3.05) is 11.5 Å². The van der Waals surface area contributed by atoms with Crippen LogP contribution in [-0.4, -0.2) is 17.3 Å². The van der Waals surface area contributed by atoms with Crippen molar-refractivity contribution in [3.63, 3.8) is 0 Å². The van der Waals surface area contributed by atoms with Crippen molar-refractivity contribution in [2.24, 2.45) is 5.92 Å². The Labute approximate surface area is 117 Å². The fraction of sp³-hybridized carbons (Fsp3) is 0.938. The summed E-state index contributed by atoms with van der Waals surface area (Å²) < 4.78 is 0. The maximum Gasteiger partial charge on any atom is 0.136 e. The highest BCUT2D eigenvalue weighted by Crippen LogP contribution is 2.25. The van der Waals surface area contributed by atoms with Crippen molar-refractivity contribution in [3.05, 3.63) is 0 Å². The Kier molecular flexibility index (Phi) is 9.73. The largest absolute Gasteiger partial charge is 0.299 e. The van der Waals surface area contributed by atoms with E-state index < -0.39 is 0 Å². The average Bonchev–Trinajstić information content (AvgIpc) is 2.90. The van der Waals surface area contributed by atoms with Crippen LogP contribution in [0.3, 0.4) is 0 Å². The molecular weight excluding hydrogens is 240 g/mol. The standard InChI is InChI=1S/C16H30OS/c1-2-3-4-5-6-7-8-9-10-11-16(17)15-12-13-18-14-15/h15H,2-14H2,1H3. The van der Waals surface area contributed by atoms with Gasteiger partial charge in [-0.2, -0.15) is 11.8 Å². The number of carbonyl (C=O) groups is 1. The Morgan fingerprint density at radius 2 is 1.61 bits per heavy atom. The first-order chi connectivity index (χ1) is 8.84. The summed E-state index contributed by atoms with van der Waals surface area (Å²) in [6.45, 7) is 2.26. The van der Waals surface area contributed by atoms with Crippen LogP contribution in [0.1, 0.15) is 77.6 Å². The van der Waals surface area contributed by atoms with Crippen LogP contribution in [0, 0.1) is 5.92 Å². The Morgan fingerprint density at radius 3 is 2.17 bits per heavy atom. The molecule has 1 aliphatic rings. The monoisotopic (exact) mass is 270 g/mol. The molecule has 1 saturated heterocycles. The zero-order chi connectivity index (χ0) is 13.1. The first-order valence-electron chi connectivity index (χ1n) is 7.95. The molecule has 0 radical (unpaired) electrons. The summed E-state index contributed by atoms with van der Waals surface area (Å²) in [7, 11) is 0. The predicted molar refractivity (Wildman–Crippen MR) is 82.3 cm³/mol. The number of Topliss-reactive ketones (excluding diaryl/α,β-unsaturated/α-hetero) is 1. The zero-order valence-electron chi connectivity index (χ0n) is 12.1. The Balaban J connectivity index is 1.82. The van der Waals surface area contributed by atoms with E-state index in [4.69, 9.17) is 0 Å². The summed E-state index contributed by atoms with van der Waals surface area (Å²) in [6.07, 6.45) is 14.0. The van der Waals surface area contributed by atoms with E-state index in [1.54, 1.807) is 0 Å². The second-order valence-electron chi connectivity index (χ2n) is 5.61. The van der Waals surface area contributed by atoms with E-state index in [2.05, 4.69) is 6.92 Å². The summed E-state index contributed by atoms with van der Waals surface area (Å²) in [5.41, 5.74) is 0. The van der Waals surface area contributed by atoms with Gasteiger partial charge in [-0.15, -0.1) is 0 Å². The minimum absolute atomic E-state index is 0.407. The maximum atomic E-state index is 11.8. The lowest BCUT2D eigenvalue weighted by molar-refractivity contribution is -0.122. The number of carbonyl (C=O) groups excluding carboxylic acids is 1. The number of thioether (sulfide) groups is 1. The lowest BCUT2D eigenvalue weighted by atomic mass is 9.98. The van der Waals surface area contributed by atoms with Gasteiger partial charge < -0.3 is 0 Å². The molecule has 1 rings (SSSR count). The van der Waals surface area contributed by atoms with Crippen LogP contribution in [-0.2, 0) is 4.79 Å². The fourth-order valence-corrected chi connectivity index (χ4v) is 3.86. The molecule has 0 amide bonds. The van der Waals surface area contributed by atoms with Crippen molar-refractivity contribution >= 4 is 17.5 Å². The Hall–Kier alpha value is 0.0200. The van der Waals surface area contributed by atoms with Gasteiger partial charge in [0.25, 0.3) is 0 Å². The molecule has 106 valence electrons. The second-order valence-corrected chi connectivity index (χ2v) is 6.76. The number of unbranched alkanes of at least 4 members (excludes halogenated alkanes) is 8. The van der Waals surface area contributed by atoms with Crippen molar-refractivity contribution in [1.82, 2.24) is 0 Å². The molecule has 0 aromatic carbocycles. The van der Waals surface area contributed by atoms with E-state index in [9.17, 15) is 4.79 Å². The highest BCUT2D eigenvalue weighted by atomic mass is 32.2. The summed E-state index contributed by atoms with van der Waals surface area (Å²) in [4.78, 5) is 11.8. The molecular formula is C16H30OS.